The van der Waals surface area contributed by atoms with Gasteiger partial charge in [0.1, 0.15) is 0 Å². The fraction of sp³-hybridized carbons (Fsp3) is 0.769. The van der Waals surface area contributed by atoms with Gasteiger partial charge in [-0.1, -0.05) is 0 Å². The first-order chi connectivity index (χ1) is 12.7. The molecule has 1 heteroatoms. The molecule has 0 atom stereocenters. The Labute approximate surface area is 174 Å². The zero-order chi connectivity index (χ0) is 20.1. The summed E-state index contributed by atoms with van der Waals surface area (Å²) < 4.78 is 6.60. The van der Waals surface area contributed by atoms with Gasteiger partial charge in [-0.05, 0) is 0 Å². The Morgan fingerprint density at radius 1 is 0.704 bits per heavy atom. The average molecular weight is 477 g/mol. The number of hydrogen-bond donors (Lipinski definition) is 0. The first-order valence-corrected chi connectivity index (χ1v) is 19.4. The molecule has 0 aliphatic heterocycles. The van der Waals surface area contributed by atoms with Crippen LogP contribution in [0.2, 0.25) is 13.3 Å². The fourth-order valence-corrected chi connectivity index (χ4v) is 21.2. The molecule has 1 aliphatic rings. The van der Waals surface area contributed by atoms with Crippen LogP contribution in [0.3, 0.4) is 0 Å². The molecule has 0 saturated carbocycles. The second-order valence-corrected chi connectivity index (χ2v) is 23.9. The molecule has 0 aromatic heterocycles. The number of benzene rings is 1. The first kappa shape index (κ1) is 23.3. The third-order valence-electron chi connectivity index (χ3n) is 7.49. The van der Waals surface area contributed by atoms with Crippen molar-refractivity contribution in [2.45, 2.75) is 124 Å². The van der Waals surface area contributed by atoms with Gasteiger partial charge in [0.05, 0.1) is 0 Å². The van der Waals surface area contributed by atoms with E-state index < -0.39 is 18.4 Å². The van der Waals surface area contributed by atoms with Gasteiger partial charge < -0.3 is 0 Å². The van der Waals surface area contributed by atoms with Gasteiger partial charge in [0.25, 0.3) is 0 Å². The summed E-state index contributed by atoms with van der Waals surface area (Å²) in [6.07, 6.45) is 11.1. The molecule has 0 N–H and O–H groups in total. The monoisotopic (exact) mass is 478 g/mol. The molecule has 0 heterocycles. The zero-order valence-corrected chi connectivity index (χ0v) is 22.4. The summed E-state index contributed by atoms with van der Waals surface area (Å²) >= 11 is -2.32. The Morgan fingerprint density at radius 2 is 1.15 bits per heavy atom. The molecule has 1 aromatic carbocycles. The first-order valence-electron chi connectivity index (χ1n) is 11.9. The second kappa shape index (κ2) is 9.68. The van der Waals surface area contributed by atoms with Gasteiger partial charge in [0.2, 0.25) is 0 Å². The average Bonchev–Trinajstić information content (AvgIpc) is 2.65. The number of rotatable bonds is 10. The van der Waals surface area contributed by atoms with E-state index in [0.29, 0.717) is 10.8 Å². The number of unbranched alkanes of at least 4 members (excludes halogenated alkanes) is 3. The summed E-state index contributed by atoms with van der Waals surface area (Å²) in [5.74, 6) is 0. The fourth-order valence-electron chi connectivity index (χ4n) is 5.27. The predicted molar refractivity (Wildman–Crippen MR) is 126 cm³/mol. The van der Waals surface area contributed by atoms with Crippen molar-refractivity contribution in [1.82, 2.24) is 0 Å². The Hall–Kier alpha value is 0.0187. The van der Waals surface area contributed by atoms with Crippen molar-refractivity contribution in [1.29, 1.82) is 0 Å². The van der Waals surface area contributed by atoms with Gasteiger partial charge in [-0.3, -0.25) is 0 Å². The standard InChI is InChI=1S/C14H19.3C4H9.Sn/c1-13(2)9-10-14(3,4)12-8-6-5-7-11(12)13;3*1-3-4-2;/h5,7-8H,9-10H2,1-4H3;3*1,3-4H2,2H3;. The molecule has 154 valence electrons. The Bertz CT molecular complexity index is 574. The van der Waals surface area contributed by atoms with Crippen LogP contribution in [-0.2, 0) is 10.8 Å². The second-order valence-electron chi connectivity index (χ2n) is 10.6. The summed E-state index contributed by atoms with van der Waals surface area (Å²) in [4.78, 5) is 0. The molecule has 0 unspecified atom stereocenters. The van der Waals surface area contributed by atoms with Crippen LogP contribution in [0.1, 0.15) is 111 Å². The Morgan fingerprint density at radius 3 is 1.59 bits per heavy atom. The van der Waals surface area contributed by atoms with E-state index in [4.69, 9.17) is 0 Å². The van der Waals surface area contributed by atoms with E-state index >= 15 is 0 Å². The number of fused-ring (bicyclic) bond motifs is 1. The van der Waals surface area contributed by atoms with Gasteiger partial charge in [-0.15, -0.1) is 0 Å². The summed E-state index contributed by atoms with van der Waals surface area (Å²) in [5.41, 5.74) is 4.03. The molecule has 0 spiro atoms. The van der Waals surface area contributed by atoms with Crippen molar-refractivity contribution in [2.75, 3.05) is 0 Å². The third-order valence-corrected chi connectivity index (χ3v) is 23.1. The van der Waals surface area contributed by atoms with Crippen molar-refractivity contribution < 1.29 is 0 Å². The summed E-state index contributed by atoms with van der Waals surface area (Å²) in [6, 6.07) is 7.95. The predicted octanol–water partition coefficient (Wildman–Crippen LogP) is 8.09. The summed E-state index contributed by atoms with van der Waals surface area (Å²) in [7, 11) is 0. The molecule has 0 radical (unpaired) electrons. The van der Waals surface area contributed by atoms with E-state index in [0.717, 1.165) is 0 Å². The maximum absolute atomic E-state index is 2.76. The van der Waals surface area contributed by atoms with Crippen LogP contribution in [0.5, 0.6) is 0 Å². The van der Waals surface area contributed by atoms with E-state index in [1.165, 1.54) is 51.4 Å². The summed E-state index contributed by atoms with van der Waals surface area (Å²) in [6.45, 7) is 17.1. The van der Waals surface area contributed by atoms with Gasteiger partial charge in [0, 0.05) is 0 Å². The van der Waals surface area contributed by atoms with Crippen molar-refractivity contribution in [3.8, 4) is 0 Å². The van der Waals surface area contributed by atoms with Crippen LogP contribution < -0.4 is 3.58 Å². The summed E-state index contributed by atoms with van der Waals surface area (Å²) in [5, 5.41) is 0. The van der Waals surface area contributed by atoms with Gasteiger partial charge in [0.15, 0.2) is 0 Å². The van der Waals surface area contributed by atoms with E-state index in [2.05, 4.69) is 66.7 Å². The van der Waals surface area contributed by atoms with Crippen LogP contribution in [0.4, 0.5) is 0 Å². The van der Waals surface area contributed by atoms with Gasteiger partial charge in [-0.25, -0.2) is 0 Å². The molecule has 0 nitrogen and oxygen atoms in total. The molecule has 0 saturated heterocycles. The van der Waals surface area contributed by atoms with Crippen LogP contribution in [0.25, 0.3) is 0 Å². The third kappa shape index (κ3) is 5.34. The quantitative estimate of drug-likeness (QED) is 0.299. The molecular weight excluding hydrogens is 431 g/mol. The molecule has 0 amide bonds. The van der Waals surface area contributed by atoms with Gasteiger partial charge in [-0.2, -0.15) is 0 Å². The minimum absolute atomic E-state index is 0.345. The minimum atomic E-state index is -2.32. The van der Waals surface area contributed by atoms with E-state index in [1.807, 2.05) is 3.58 Å². The van der Waals surface area contributed by atoms with Crippen LogP contribution >= 0.6 is 0 Å². The molecule has 2 rings (SSSR count). The van der Waals surface area contributed by atoms with Gasteiger partial charge >= 0.3 is 175 Å². The molecule has 27 heavy (non-hydrogen) atoms. The molecule has 1 aliphatic carbocycles. The van der Waals surface area contributed by atoms with Crippen LogP contribution in [0.15, 0.2) is 18.2 Å². The van der Waals surface area contributed by atoms with Crippen molar-refractivity contribution in [3.05, 3.63) is 29.3 Å². The SMILES string of the molecule is CCC[CH2][Sn]([CH2]CCC)([CH2]CCC)[c]1ccc2c(c1)C(C)(C)CCC2(C)C. The molecule has 0 fully saturated rings. The van der Waals surface area contributed by atoms with E-state index in [-0.39, 0.29) is 0 Å². The van der Waals surface area contributed by atoms with Crippen LogP contribution in [-0.4, -0.2) is 18.4 Å². The molecule has 0 bridgehead atoms. The van der Waals surface area contributed by atoms with E-state index in [1.54, 1.807) is 24.4 Å². The van der Waals surface area contributed by atoms with Crippen molar-refractivity contribution in [2.24, 2.45) is 0 Å². The Kier molecular flexibility index (Phi) is 8.35. The molecular formula is C26H46Sn. The normalized spacial score (nSPS) is 18.3. The van der Waals surface area contributed by atoms with Crippen LogP contribution in [0, 0.1) is 0 Å². The zero-order valence-electron chi connectivity index (χ0n) is 19.5. The Balaban J connectivity index is 2.54. The topological polar surface area (TPSA) is 0 Å². The molecule has 1 aromatic rings. The van der Waals surface area contributed by atoms with Crippen molar-refractivity contribution >= 4 is 22.0 Å². The van der Waals surface area contributed by atoms with E-state index in [9.17, 15) is 0 Å². The number of hydrogen-bond acceptors (Lipinski definition) is 0. The van der Waals surface area contributed by atoms with Crippen molar-refractivity contribution in [3.63, 3.8) is 0 Å². The maximum atomic E-state index is 2.76.